The lowest BCUT2D eigenvalue weighted by Gasteiger charge is -2.29. The van der Waals surface area contributed by atoms with Crippen LogP contribution in [0.25, 0.3) is 0 Å². The number of esters is 2. The SMILES string of the molecule is C=CC[C@@H]1C[C@@H](C(=O)OC)[C@@H]2C[C@H]1OC2=O. The van der Waals surface area contributed by atoms with Crippen molar-refractivity contribution < 1.29 is 19.1 Å². The minimum Gasteiger partial charge on any atom is -0.469 e. The van der Waals surface area contributed by atoms with Crippen molar-refractivity contribution in [2.45, 2.75) is 25.4 Å². The Morgan fingerprint density at radius 2 is 2.38 bits per heavy atom. The molecule has 0 aromatic heterocycles. The molecule has 2 fully saturated rings. The molecule has 1 heterocycles. The molecule has 4 atom stereocenters. The second kappa shape index (κ2) is 4.28. The molecule has 0 amide bonds. The summed E-state index contributed by atoms with van der Waals surface area (Å²) >= 11 is 0. The van der Waals surface area contributed by atoms with E-state index in [0.29, 0.717) is 12.8 Å². The second-order valence-electron chi connectivity index (χ2n) is 4.47. The molecule has 88 valence electrons. The number of fused-ring (bicyclic) bond motifs is 2. The lowest BCUT2D eigenvalue weighted by Crippen LogP contribution is -2.35. The smallest absolute Gasteiger partial charge is 0.310 e. The van der Waals surface area contributed by atoms with Gasteiger partial charge in [0.2, 0.25) is 0 Å². The van der Waals surface area contributed by atoms with E-state index >= 15 is 0 Å². The minimum absolute atomic E-state index is 0.0311. The maximum absolute atomic E-state index is 11.6. The van der Waals surface area contributed by atoms with Crippen LogP contribution in [0.2, 0.25) is 0 Å². The summed E-state index contributed by atoms with van der Waals surface area (Å²) in [5.74, 6) is -0.952. The summed E-state index contributed by atoms with van der Waals surface area (Å²) in [5, 5.41) is 0. The van der Waals surface area contributed by atoms with Crippen molar-refractivity contribution in [2.75, 3.05) is 7.11 Å². The normalized spacial score (nSPS) is 36.7. The van der Waals surface area contributed by atoms with Gasteiger partial charge >= 0.3 is 11.9 Å². The van der Waals surface area contributed by atoms with Gasteiger partial charge in [0, 0.05) is 5.92 Å². The van der Waals surface area contributed by atoms with Crippen LogP contribution in [0.4, 0.5) is 0 Å². The van der Waals surface area contributed by atoms with Gasteiger partial charge in [0.05, 0.1) is 18.9 Å². The summed E-state index contributed by atoms with van der Waals surface area (Å²) < 4.78 is 10.0. The van der Waals surface area contributed by atoms with Gasteiger partial charge in [0.15, 0.2) is 0 Å². The highest BCUT2D eigenvalue weighted by atomic mass is 16.6. The molecule has 0 N–H and O–H groups in total. The van der Waals surface area contributed by atoms with Gasteiger partial charge in [0.25, 0.3) is 0 Å². The van der Waals surface area contributed by atoms with Crippen LogP contribution in [0.3, 0.4) is 0 Å². The molecule has 0 radical (unpaired) electrons. The van der Waals surface area contributed by atoms with E-state index in [-0.39, 0.29) is 35.8 Å². The number of rotatable bonds is 3. The standard InChI is InChI=1S/C12H16O4/c1-3-4-7-5-8(11(13)15-2)9-6-10(7)16-12(9)14/h3,7-10H,1,4-6H2,2H3/t7-,8-,9+,10-/m1/s1. The zero-order valence-corrected chi connectivity index (χ0v) is 9.35. The quantitative estimate of drug-likeness (QED) is 0.535. The van der Waals surface area contributed by atoms with Crippen LogP contribution in [-0.4, -0.2) is 25.2 Å². The van der Waals surface area contributed by atoms with Crippen molar-refractivity contribution in [2.24, 2.45) is 17.8 Å². The number of carbonyl (C=O) groups excluding carboxylic acids is 2. The Morgan fingerprint density at radius 3 is 3.00 bits per heavy atom. The van der Waals surface area contributed by atoms with E-state index in [1.54, 1.807) is 0 Å². The molecular formula is C12H16O4. The summed E-state index contributed by atoms with van der Waals surface area (Å²) in [6, 6.07) is 0. The van der Waals surface area contributed by atoms with Crippen molar-refractivity contribution in [1.29, 1.82) is 0 Å². The van der Waals surface area contributed by atoms with Crippen LogP contribution in [0.15, 0.2) is 12.7 Å². The van der Waals surface area contributed by atoms with Crippen molar-refractivity contribution in [3.05, 3.63) is 12.7 Å². The summed E-state index contributed by atoms with van der Waals surface area (Å²) in [6.45, 7) is 3.69. The Balaban J connectivity index is 2.17. The van der Waals surface area contributed by atoms with E-state index in [0.717, 1.165) is 6.42 Å². The van der Waals surface area contributed by atoms with E-state index in [9.17, 15) is 9.59 Å². The Hall–Kier alpha value is -1.32. The molecule has 4 heteroatoms. The van der Waals surface area contributed by atoms with E-state index < -0.39 is 0 Å². The first-order chi connectivity index (χ1) is 7.67. The van der Waals surface area contributed by atoms with E-state index in [2.05, 4.69) is 6.58 Å². The van der Waals surface area contributed by atoms with Gasteiger partial charge in [-0.05, 0) is 19.3 Å². The highest BCUT2D eigenvalue weighted by Gasteiger charge is 2.51. The maximum Gasteiger partial charge on any atom is 0.310 e. The predicted molar refractivity (Wildman–Crippen MR) is 56.4 cm³/mol. The van der Waals surface area contributed by atoms with E-state index in [1.165, 1.54) is 7.11 Å². The van der Waals surface area contributed by atoms with Crippen molar-refractivity contribution >= 4 is 11.9 Å². The Labute approximate surface area is 94.6 Å². The first-order valence-electron chi connectivity index (χ1n) is 5.56. The largest absolute Gasteiger partial charge is 0.469 e. The van der Waals surface area contributed by atoms with Crippen molar-refractivity contribution in [3.8, 4) is 0 Å². The summed E-state index contributed by atoms with van der Waals surface area (Å²) in [4.78, 5) is 23.2. The molecule has 2 rings (SSSR count). The Kier molecular flexibility index (Phi) is 2.99. The summed E-state index contributed by atoms with van der Waals surface area (Å²) in [6.07, 6.45) is 3.87. The molecule has 1 aliphatic heterocycles. The Morgan fingerprint density at radius 1 is 1.62 bits per heavy atom. The molecule has 1 saturated heterocycles. The van der Waals surface area contributed by atoms with Gasteiger partial charge in [-0.3, -0.25) is 9.59 Å². The lowest BCUT2D eigenvalue weighted by molar-refractivity contribution is -0.153. The molecule has 0 aromatic rings. The van der Waals surface area contributed by atoms with Crippen molar-refractivity contribution in [3.63, 3.8) is 0 Å². The van der Waals surface area contributed by atoms with Crippen LogP contribution >= 0.6 is 0 Å². The molecule has 4 nitrogen and oxygen atoms in total. The highest BCUT2D eigenvalue weighted by Crippen LogP contribution is 2.43. The molecule has 1 aliphatic carbocycles. The molecule has 2 bridgehead atoms. The fraction of sp³-hybridized carbons (Fsp3) is 0.667. The number of allylic oxidation sites excluding steroid dienone is 1. The van der Waals surface area contributed by atoms with Gasteiger partial charge in [-0.15, -0.1) is 6.58 Å². The molecular weight excluding hydrogens is 208 g/mol. The van der Waals surface area contributed by atoms with Crippen LogP contribution in [-0.2, 0) is 19.1 Å². The van der Waals surface area contributed by atoms with E-state index in [4.69, 9.17) is 9.47 Å². The molecule has 16 heavy (non-hydrogen) atoms. The first-order valence-corrected chi connectivity index (χ1v) is 5.56. The van der Waals surface area contributed by atoms with Crippen LogP contribution in [0.5, 0.6) is 0 Å². The third-order valence-corrected chi connectivity index (χ3v) is 3.60. The monoisotopic (exact) mass is 224 g/mol. The van der Waals surface area contributed by atoms with Gasteiger partial charge < -0.3 is 9.47 Å². The summed E-state index contributed by atoms with van der Waals surface area (Å²) in [7, 11) is 1.36. The molecule has 0 aromatic carbocycles. The van der Waals surface area contributed by atoms with Crippen molar-refractivity contribution in [1.82, 2.24) is 0 Å². The van der Waals surface area contributed by atoms with Gasteiger partial charge in [-0.25, -0.2) is 0 Å². The average molecular weight is 224 g/mol. The fourth-order valence-electron chi connectivity index (χ4n) is 2.76. The maximum atomic E-state index is 11.6. The zero-order valence-electron chi connectivity index (χ0n) is 9.35. The van der Waals surface area contributed by atoms with Gasteiger partial charge in [0.1, 0.15) is 6.10 Å². The summed E-state index contributed by atoms with van der Waals surface area (Å²) in [5.41, 5.74) is 0. The third kappa shape index (κ3) is 1.72. The number of hydrogen-bond acceptors (Lipinski definition) is 4. The number of ether oxygens (including phenoxy) is 2. The topological polar surface area (TPSA) is 52.6 Å². The highest BCUT2D eigenvalue weighted by molar-refractivity contribution is 5.84. The van der Waals surface area contributed by atoms with Crippen LogP contribution in [0.1, 0.15) is 19.3 Å². The molecule has 2 aliphatic rings. The molecule has 0 spiro atoms. The zero-order chi connectivity index (χ0) is 11.7. The van der Waals surface area contributed by atoms with Gasteiger partial charge in [-0.2, -0.15) is 0 Å². The first kappa shape index (κ1) is 11.2. The average Bonchev–Trinajstić information content (AvgIpc) is 2.60. The molecule has 1 saturated carbocycles. The second-order valence-corrected chi connectivity index (χ2v) is 4.47. The molecule has 0 unspecified atom stereocenters. The van der Waals surface area contributed by atoms with Crippen LogP contribution < -0.4 is 0 Å². The van der Waals surface area contributed by atoms with Crippen LogP contribution in [0, 0.1) is 17.8 Å². The number of carbonyl (C=O) groups is 2. The van der Waals surface area contributed by atoms with E-state index in [1.807, 2.05) is 6.08 Å². The Bertz CT molecular complexity index is 323. The van der Waals surface area contributed by atoms with Gasteiger partial charge in [-0.1, -0.05) is 6.08 Å². The third-order valence-electron chi connectivity index (χ3n) is 3.60. The minimum atomic E-state index is -0.332. The predicted octanol–water partition coefficient (Wildman–Crippen LogP) is 1.30. The fourth-order valence-corrected chi connectivity index (χ4v) is 2.76. The number of hydrogen-bond donors (Lipinski definition) is 0. The number of methoxy groups -OCH3 is 1. The lowest BCUT2D eigenvalue weighted by atomic mass is 9.73.